The summed E-state index contributed by atoms with van der Waals surface area (Å²) >= 11 is 5.35. The minimum atomic E-state index is -0.0714. The van der Waals surface area contributed by atoms with E-state index in [-0.39, 0.29) is 5.56 Å². The Balaban J connectivity index is 3.49. The second kappa shape index (κ2) is 3.04. The van der Waals surface area contributed by atoms with Crippen LogP contribution < -0.4 is 5.56 Å². The molecule has 10 heavy (non-hydrogen) atoms. The molecule has 0 unspecified atom stereocenters. The number of H-pyrrole nitrogens is 1. The van der Waals surface area contributed by atoms with Crippen molar-refractivity contribution in [3.05, 3.63) is 30.2 Å². The van der Waals surface area contributed by atoms with Crippen LogP contribution in [0.25, 0.3) is 0 Å². The average Bonchev–Trinajstić information content (AvgIpc) is 1.93. The third-order valence-corrected chi connectivity index (χ3v) is 3.29. The molecule has 0 amide bonds. The third kappa shape index (κ3) is 1.42. The molecule has 2 nitrogen and oxygen atoms in total. The average molecular weight is 314 g/mol. The highest BCUT2D eigenvalue weighted by molar-refractivity contribution is 14.1. The first-order chi connectivity index (χ1) is 4.63. The molecule has 0 fully saturated rings. The standard InChI is InChI=1S/C6H5BrINO/c1-3-4(8)2-9-6(10)5(3)7/h2H,1H3,(H,9,10). The number of aromatic amines is 1. The summed E-state index contributed by atoms with van der Waals surface area (Å²) in [7, 11) is 0. The normalized spacial score (nSPS) is 9.90. The molecule has 1 aromatic heterocycles. The zero-order chi connectivity index (χ0) is 7.72. The van der Waals surface area contributed by atoms with Gasteiger partial charge in [0.2, 0.25) is 0 Å². The first kappa shape index (κ1) is 8.26. The molecule has 1 aromatic rings. The van der Waals surface area contributed by atoms with Crippen molar-refractivity contribution in [3.63, 3.8) is 0 Å². The second-order valence-corrected chi connectivity index (χ2v) is 3.86. The zero-order valence-electron chi connectivity index (χ0n) is 5.24. The molecule has 0 bridgehead atoms. The van der Waals surface area contributed by atoms with Gasteiger partial charge in [-0.05, 0) is 51.0 Å². The molecule has 0 radical (unpaired) electrons. The lowest BCUT2D eigenvalue weighted by molar-refractivity contribution is 1.16. The Labute approximate surface area is 80.3 Å². The number of pyridine rings is 1. The Bertz CT molecular complexity index is 307. The Hall–Kier alpha value is 0.160. The Morgan fingerprint density at radius 2 is 2.30 bits per heavy atom. The maximum absolute atomic E-state index is 10.9. The number of halogens is 2. The molecule has 0 saturated heterocycles. The number of aromatic nitrogens is 1. The second-order valence-electron chi connectivity index (χ2n) is 1.90. The zero-order valence-corrected chi connectivity index (χ0v) is 8.99. The molecule has 1 rings (SSSR count). The lowest BCUT2D eigenvalue weighted by Gasteiger charge is -1.97. The van der Waals surface area contributed by atoms with Crippen molar-refractivity contribution in [2.75, 3.05) is 0 Å². The highest BCUT2D eigenvalue weighted by atomic mass is 127. The number of rotatable bonds is 0. The van der Waals surface area contributed by atoms with Crippen molar-refractivity contribution in [2.24, 2.45) is 0 Å². The summed E-state index contributed by atoms with van der Waals surface area (Å²) in [4.78, 5) is 13.5. The summed E-state index contributed by atoms with van der Waals surface area (Å²) in [6.45, 7) is 1.90. The molecule has 0 aliphatic rings. The topological polar surface area (TPSA) is 32.9 Å². The van der Waals surface area contributed by atoms with E-state index in [1.165, 1.54) is 0 Å². The largest absolute Gasteiger partial charge is 0.327 e. The minimum Gasteiger partial charge on any atom is -0.327 e. The summed E-state index contributed by atoms with van der Waals surface area (Å²) in [6.07, 6.45) is 1.70. The Morgan fingerprint density at radius 1 is 1.70 bits per heavy atom. The minimum absolute atomic E-state index is 0.0714. The van der Waals surface area contributed by atoms with Crippen LogP contribution in [0.2, 0.25) is 0 Å². The summed E-state index contributed by atoms with van der Waals surface area (Å²) in [5, 5.41) is 0. The Morgan fingerprint density at radius 3 is 2.80 bits per heavy atom. The Kier molecular flexibility index (Phi) is 2.51. The molecule has 1 N–H and O–H groups in total. The fourth-order valence-corrected chi connectivity index (χ4v) is 1.70. The first-order valence-corrected chi connectivity index (χ1v) is 4.53. The quantitative estimate of drug-likeness (QED) is 0.731. The van der Waals surface area contributed by atoms with Gasteiger partial charge in [-0.15, -0.1) is 0 Å². The summed E-state index contributed by atoms with van der Waals surface area (Å²) < 4.78 is 1.68. The molecule has 0 aromatic carbocycles. The van der Waals surface area contributed by atoms with Gasteiger partial charge >= 0.3 is 0 Å². The molecule has 0 aliphatic heterocycles. The lowest BCUT2D eigenvalue weighted by atomic mass is 10.3. The first-order valence-electron chi connectivity index (χ1n) is 2.66. The van der Waals surface area contributed by atoms with E-state index >= 15 is 0 Å². The van der Waals surface area contributed by atoms with Crippen LogP contribution in [0.4, 0.5) is 0 Å². The van der Waals surface area contributed by atoms with Crippen LogP contribution >= 0.6 is 38.5 Å². The van der Waals surface area contributed by atoms with E-state index in [4.69, 9.17) is 0 Å². The predicted octanol–water partition coefficient (Wildman–Crippen LogP) is 2.05. The van der Waals surface area contributed by atoms with Crippen LogP contribution in [0.3, 0.4) is 0 Å². The van der Waals surface area contributed by atoms with E-state index in [2.05, 4.69) is 43.5 Å². The molecule has 4 heteroatoms. The monoisotopic (exact) mass is 313 g/mol. The van der Waals surface area contributed by atoms with Crippen LogP contribution in [0.1, 0.15) is 5.56 Å². The van der Waals surface area contributed by atoms with E-state index in [9.17, 15) is 4.79 Å². The van der Waals surface area contributed by atoms with Crippen molar-refractivity contribution in [1.82, 2.24) is 4.98 Å². The van der Waals surface area contributed by atoms with E-state index < -0.39 is 0 Å². The van der Waals surface area contributed by atoms with Gasteiger partial charge in [-0.3, -0.25) is 4.79 Å². The maximum atomic E-state index is 10.9. The van der Waals surface area contributed by atoms with Crippen molar-refractivity contribution >= 4 is 38.5 Å². The summed E-state index contributed by atoms with van der Waals surface area (Å²) in [5.74, 6) is 0. The number of hydrogen-bond acceptors (Lipinski definition) is 1. The third-order valence-electron chi connectivity index (χ3n) is 1.22. The van der Waals surface area contributed by atoms with Crippen LogP contribution in [-0.4, -0.2) is 4.98 Å². The molecule has 0 atom stereocenters. The SMILES string of the molecule is Cc1c(I)c[nH]c(=O)c1Br. The molecule has 0 spiro atoms. The fraction of sp³-hybridized carbons (Fsp3) is 0.167. The van der Waals surface area contributed by atoms with Crippen molar-refractivity contribution in [3.8, 4) is 0 Å². The van der Waals surface area contributed by atoms with Gasteiger partial charge in [-0.2, -0.15) is 0 Å². The van der Waals surface area contributed by atoms with Crippen molar-refractivity contribution < 1.29 is 0 Å². The molecule has 0 aliphatic carbocycles. The predicted molar refractivity (Wildman–Crippen MR) is 52.2 cm³/mol. The molecule has 54 valence electrons. The van der Waals surface area contributed by atoms with E-state index in [0.29, 0.717) is 4.47 Å². The van der Waals surface area contributed by atoms with Gasteiger partial charge in [0.05, 0.1) is 4.47 Å². The van der Waals surface area contributed by atoms with Crippen LogP contribution in [0, 0.1) is 10.5 Å². The number of hydrogen-bond donors (Lipinski definition) is 1. The van der Waals surface area contributed by atoms with Crippen molar-refractivity contribution in [1.29, 1.82) is 0 Å². The van der Waals surface area contributed by atoms with Gasteiger partial charge in [0.1, 0.15) is 0 Å². The molecule has 0 saturated carbocycles. The smallest absolute Gasteiger partial charge is 0.262 e. The van der Waals surface area contributed by atoms with Gasteiger partial charge in [0.15, 0.2) is 0 Å². The summed E-state index contributed by atoms with van der Waals surface area (Å²) in [5.41, 5.74) is 0.919. The molecular formula is C6H5BrINO. The van der Waals surface area contributed by atoms with E-state index in [1.54, 1.807) is 6.20 Å². The fourth-order valence-electron chi connectivity index (χ4n) is 0.576. The number of nitrogens with one attached hydrogen (secondary N) is 1. The maximum Gasteiger partial charge on any atom is 0.262 e. The molecule has 1 heterocycles. The van der Waals surface area contributed by atoms with Crippen LogP contribution in [-0.2, 0) is 0 Å². The highest BCUT2D eigenvalue weighted by Gasteiger charge is 2.01. The lowest BCUT2D eigenvalue weighted by Crippen LogP contribution is -2.08. The highest BCUT2D eigenvalue weighted by Crippen LogP contribution is 2.15. The van der Waals surface area contributed by atoms with Gasteiger partial charge in [-0.1, -0.05) is 0 Å². The van der Waals surface area contributed by atoms with E-state index in [1.807, 2.05) is 6.92 Å². The van der Waals surface area contributed by atoms with E-state index in [0.717, 1.165) is 9.13 Å². The molecular weight excluding hydrogens is 309 g/mol. The van der Waals surface area contributed by atoms with Gasteiger partial charge in [0, 0.05) is 9.77 Å². The van der Waals surface area contributed by atoms with Gasteiger partial charge in [0.25, 0.3) is 5.56 Å². The van der Waals surface area contributed by atoms with Gasteiger partial charge < -0.3 is 4.98 Å². The summed E-state index contributed by atoms with van der Waals surface area (Å²) in [6, 6.07) is 0. The van der Waals surface area contributed by atoms with Crippen molar-refractivity contribution in [2.45, 2.75) is 6.92 Å². The van der Waals surface area contributed by atoms with Crippen LogP contribution in [0.5, 0.6) is 0 Å². The van der Waals surface area contributed by atoms with Gasteiger partial charge in [-0.25, -0.2) is 0 Å². The van der Waals surface area contributed by atoms with Crippen LogP contribution in [0.15, 0.2) is 15.5 Å².